The van der Waals surface area contributed by atoms with Gasteiger partial charge in [0.15, 0.2) is 0 Å². The van der Waals surface area contributed by atoms with Crippen LogP contribution in [-0.4, -0.2) is 64.9 Å². The van der Waals surface area contributed by atoms with Crippen LogP contribution < -0.4 is 4.90 Å². The van der Waals surface area contributed by atoms with Gasteiger partial charge in [-0.15, -0.1) is 0 Å². The second-order valence-corrected chi connectivity index (χ2v) is 8.84. The standard InChI is InChI=1S/C25H35N5O/c1-4-29(5-2)25-26-17-22-16-21(10-11-23(22)27-25)24(31)30-14-12-28(13-15-30)18-20-8-6-19(3)7-9-20/h6-9,17,21H,4-5,10-16,18H2,1-3H3. The van der Waals surface area contributed by atoms with Crippen LogP contribution in [0.15, 0.2) is 30.5 Å². The number of amides is 1. The van der Waals surface area contributed by atoms with Crippen molar-refractivity contribution >= 4 is 11.9 Å². The maximum atomic E-state index is 13.2. The van der Waals surface area contributed by atoms with E-state index >= 15 is 0 Å². The molecule has 1 aromatic carbocycles. The first-order valence-corrected chi connectivity index (χ1v) is 11.7. The fourth-order valence-corrected chi connectivity index (χ4v) is 4.70. The van der Waals surface area contributed by atoms with Crippen LogP contribution in [-0.2, 0) is 24.2 Å². The molecule has 1 aliphatic heterocycles. The molecular weight excluding hydrogens is 386 g/mol. The van der Waals surface area contributed by atoms with Gasteiger partial charge < -0.3 is 9.80 Å². The number of benzene rings is 1. The minimum Gasteiger partial charge on any atom is -0.341 e. The van der Waals surface area contributed by atoms with Crippen LogP contribution in [0.4, 0.5) is 5.95 Å². The Hall–Kier alpha value is -2.47. The Balaban J connectivity index is 1.31. The molecule has 0 bridgehead atoms. The molecule has 2 aromatic rings. The van der Waals surface area contributed by atoms with Gasteiger partial charge in [-0.2, -0.15) is 0 Å². The van der Waals surface area contributed by atoms with E-state index in [1.165, 1.54) is 11.1 Å². The lowest BCUT2D eigenvalue weighted by Crippen LogP contribution is -2.50. The summed E-state index contributed by atoms with van der Waals surface area (Å²) in [5.74, 6) is 1.20. The number of piperazine rings is 1. The molecule has 0 radical (unpaired) electrons. The minimum atomic E-state index is 0.0686. The molecule has 1 saturated heterocycles. The molecule has 1 fully saturated rings. The summed E-state index contributed by atoms with van der Waals surface area (Å²) in [6, 6.07) is 8.76. The van der Waals surface area contributed by atoms with Crippen molar-refractivity contribution in [3.05, 3.63) is 52.8 Å². The molecule has 2 aliphatic rings. The van der Waals surface area contributed by atoms with Gasteiger partial charge >= 0.3 is 0 Å². The highest BCUT2D eigenvalue weighted by Crippen LogP contribution is 2.27. The lowest BCUT2D eigenvalue weighted by Gasteiger charge is -2.37. The molecule has 6 heteroatoms. The van der Waals surface area contributed by atoms with Crippen molar-refractivity contribution in [3.63, 3.8) is 0 Å². The molecule has 31 heavy (non-hydrogen) atoms. The number of hydrogen-bond acceptors (Lipinski definition) is 5. The van der Waals surface area contributed by atoms with Gasteiger partial charge in [0.1, 0.15) is 0 Å². The molecule has 1 atom stereocenters. The van der Waals surface area contributed by atoms with Crippen LogP contribution in [0.1, 0.15) is 42.7 Å². The Kier molecular flexibility index (Phi) is 6.86. The van der Waals surface area contributed by atoms with Gasteiger partial charge in [-0.25, -0.2) is 9.97 Å². The number of carbonyl (C=O) groups is 1. The molecule has 1 amide bonds. The van der Waals surface area contributed by atoms with Gasteiger partial charge in [-0.1, -0.05) is 29.8 Å². The number of aryl methyl sites for hydroxylation is 2. The van der Waals surface area contributed by atoms with E-state index in [1.807, 2.05) is 6.20 Å². The van der Waals surface area contributed by atoms with E-state index in [-0.39, 0.29) is 5.92 Å². The normalized spacial score (nSPS) is 19.2. The van der Waals surface area contributed by atoms with Crippen LogP contribution in [0.3, 0.4) is 0 Å². The van der Waals surface area contributed by atoms with E-state index in [0.29, 0.717) is 5.91 Å². The number of fused-ring (bicyclic) bond motifs is 1. The molecule has 0 N–H and O–H groups in total. The number of hydrogen-bond donors (Lipinski definition) is 0. The highest BCUT2D eigenvalue weighted by molar-refractivity contribution is 5.79. The molecule has 2 heterocycles. The van der Waals surface area contributed by atoms with Gasteiger partial charge in [-0.3, -0.25) is 9.69 Å². The largest absolute Gasteiger partial charge is 0.341 e. The first-order chi connectivity index (χ1) is 15.1. The zero-order valence-corrected chi connectivity index (χ0v) is 19.2. The lowest BCUT2D eigenvalue weighted by molar-refractivity contribution is -0.137. The predicted molar refractivity (Wildman–Crippen MR) is 124 cm³/mol. The van der Waals surface area contributed by atoms with Crippen LogP contribution in [0, 0.1) is 12.8 Å². The summed E-state index contributed by atoms with van der Waals surface area (Å²) in [6.45, 7) is 12.7. The monoisotopic (exact) mass is 421 g/mol. The maximum Gasteiger partial charge on any atom is 0.226 e. The fourth-order valence-electron chi connectivity index (χ4n) is 4.70. The predicted octanol–water partition coefficient (Wildman–Crippen LogP) is 3.08. The number of aromatic nitrogens is 2. The van der Waals surface area contributed by atoms with E-state index in [1.54, 1.807) is 0 Å². The highest BCUT2D eigenvalue weighted by Gasteiger charge is 2.31. The quantitative estimate of drug-likeness (QED) is 0.718. The third kappa shape index (κ3) is 5.06. The Morgan fingerprint density at radius 2 is 1.81 bits per heavy atom. The number of nitrogens with zero attached hydrogens (tertiary/aromatic N) is 5. The van der Waals surface area contributed by atoms with E-state index < -0.39 is 0 Å². The Morgan fingerprint density at radius 1 is 1.10 bits per heavy atom. The van der Waals surface area contributed by atoms with Gasteiger partial charge in [-0.05, 0) is 51.2 Å². The number of anilines is 1. The average Bonchev–Trinajstić information content (AvgIpc) is 2.81. The van der Waals surface area contributed by atoms with E-state index in [9.17, 15) is 4.79 Å². The van der Waals surface area contributed by atoms with Gasteiger partial charge in [0.25, 0.3) is 0 Å². The average molecular weight is 422 g/mol. The Morgan fingerprint density at radius 3 is 2.48 bits per heavy atom. The summed E-state index contributed by atoms with van der Waals surface area (Å²) in [5.41, 5.74) is 4.92. The van der Waals surface area contributed by atoms with Crippen LogP contribution >= 0.6 is 0 Å². The van der Waals surface area contributed by atoms with Gasteiger partial charge in [0.05, 0.1) is 0 Å². The zero-order valence-electron chi connectivity index (χ0n) is 19.2. The summed E-state index contributed by atoms with van der Waals surface area (Å²) in [4.78, 5) is 29.3. The molecule has 0 spiro atoms. The van der Waals surface area contributed by atoms with Crippen molar-refractivity contribution in [3.8, 4) is 0 Å². The van der Waals surface area contributed by atoms with Crippen LogP contribution in [0.5, 0.6) is 0 Å². The van der Waals surface area contributed by atoms with Crippen molar-refractivity contribution in [2.75, 3.05) is 44.2 Å². The topological polar surface area (TPSA) is 52.6 Å². The number of carbonyl (C=O) groups excluding carboxylic acids is 1. The van der Waals surface area contributed by atoms with Gasteiger partial charge in [0.2, 0.25) is 11.9 Å². The molecular formula is C25H35N5O. The zero-order chi connectivity index (χ0) is 21.8. The Bertz CT molecular complexity index is 885. The second kappa shape index (κ2) is 9.77. The van der Waals surface area contributed by atoms with Crippen molar-refractivity contribution in [2.24, 2.45) is 5.92 Å². The van der Waals surface area contributed by atoms with Crippen LogP contribution in [0.25, 0.3) is 0 Å². The first kappa shape index (κ1) is 21.8. The third-order valence-electron chi connectivity index (χ3n) is 6.74. The minimum absolute atomic E-state index is 0.0686. The molecule has 4 rings (SSSR count). The maximum absolute atomic E-state index is 13.2. The SMILES string of the molecule is CCN(CC)c1ncc2c(n1)CCC(C(=O)N1CCN(Cc3ccc(C)cc3)CC1)C2. The molecule has 166 valence electrons. The number of rotatable bonds is 6. The first-order valence-electron chi connectivity index (χ1n) is 11.7. The van der Waals surface area contributed by atoms with E-state index in [4.69, 9.17) is 4.98 Å². The fraction of sp³-hybridized carbons (Fsp3) is 0.560. The molecule has 1 aliphatic carbocycles. The summed E-state index contributed by atoms with van der Waals surface area (Å²) in [6.07, 6.45) is 4.49. The lowest BCUT2D eigenvalue weighted by atomic mass is 9.86. The van der Waals surface area contributed by atoms with Gasteiger partial charge in [0, 0.05) is 63.6 Å². The molecule has 0 saturated carbocycles. The van der Waals surface area contributed by atoms with Crippen molar-refractivity contribution < 1.29 is 4.79 Å². The summed E-state index contributed by atoms with van der Waals surface area (Å²) < 4.78 is 0. The van der Waals surface area contributed by atoms with Crippen molar-refractivity contribution in [1.82, 2.24) is 19.8 Å². The smallest absolute Gasteiger partial charge is 0.226 e. The van der Waals surface area contributed by atoms with Crippen molar-refractivity contribution in [2.45, 2.75) is 46.6 Å². The summed E-state index contributed by atoms with van der Waals surface area (Å²) in [7, 11) is 0. The summed E-state index contributed by atoms with van der Waals surface area (Å²) >= 11 is 0. The Labute approximate surface area is 186 Å². The van der Waals surface area contributed by atoms with E-state index in [2.05, 4.69) is 64.7 Å². The second-order valence-electron chi connectivity index (χ2n) is 8.84. The molecule has 6 nitrogen and oxygen atoms in total. The van der Waals surface area contributed by atoms with Crippen molar-refractivity contribution in [1.29, 1.82) is 0 Å². The van der Waals surface area contributed by atoms with E-state index in [0.717, 1.165) is 82.3 Å². The molecule has 1 aromatic heterocycles. The third-order valence-corrected chi connectivity index (χ3v) is 6.74. The highest BCUT2D eigenvalue weighted by atomic mass is 16.2. The summed E-state index contributed by atoms with van der Waals surface area (Å²) in [5, 5.41) is 0. The van der Waals surface area contributed by atoms with Crippen LogP contribution in [0.2, 0.25) is 0 Å². The molecule has 1 unspecified atom stereocenters.